The van der Waals surface area contributed by atoms with Gasteiger partial charge in [-0.05, 0) is 73.3 Å². The van der Waals surface area contributed by atoms with E-state index in [0.29, 0.717) is 24.0 Å². The Kier molecular flexibility index (Phi) is 4.94. The quantitative estimate of drug-likeness (QED) is 0.724. The Balaban J connectivity index is 1.84. The van der Waals surface area contributed by atoms with Crippen LogP contribution in [0.2, 0.25) is 0 Å². The average molecular weight is 362 g/mol. The molecular formula is C24H27FN2. The van der Waals surface area contributed by atoms with E-state index in [1.165, 1.54) is 25.7 Å². The van der Waals surface area contributed by atoms with Crippen LogP contribution in [0.25, 0.3) is 5.57 Å². The molecule has 0 spiro atoms. The van der Waals surface area contributed by atoms with E-state index in [-0.39, 0.29) is 5.82 Å². The minimum atomic E-state index is -0.198. The Labute approximate surface area is 161 Å². The minimum absolute atomic E-state index is 0.198. The number of rotatable bonds is 3. The summed E-state index contributed by atoms with van der Waals surface area (Å²) in [5, 5.41) is 8.87. The first-order chi connectivity index (χ1) is 13.1. The molecule has 0 radical (unpaired) electrons. The maximum absolute atomic E-state index is 14.5. The zero-order valence-corrected chi connectivity index (χ0v) is 16.2. The number of hydrogen-bond acceptors (Lipinski definition) is 2. The summed E-state index contributed by atoms with van der Waals surface area (Å²) in [6, 6.07) is 7.60. The van der Waals surface area contributed by atoms with Gasteiger partial charge < -0.3 is 0 Å². The molecule has 2 aliphatic rings. The van der Waals surface area contributed by atoms with E-state index >= 15 is 0 Å². The lowest BCUT2D eigenvalue weighted by molar-refractivity contribution is 0.404. The number of allylic oxidation sites excluding steroid dienone is 2. The molecule has 1 aromatic heterocycles. The molecule has 1 saturated carbocycles. The number of pyridine rings is 1. The molecule has 1 atom stereocenters. The molecule has 0 bridgehead atoms. The van der Waals surface area contributed by atoms with Gasteiger partial charge in [-0.15, -0.1) is 0 Å². The molecular weight excluding hydrogens is 335 g/mol. The topological polar surface area (TPSA) is 36.7 Å². The van der Waals surface area contributed by atoms with Crippen molar-refractivity contribution in [2.24, 2.45) is 11.8 Å². The summed E-state index contributed by atoms with van der Waals surface area (Å²) in [5.74, 6) is 0.846. The fourth-order valence-electron chi connectivity index (χ4n) is 4.63. The predicted molar refractivity (Wildman–Crippen MR) is 109 cm³/mol. The van der Waals surface area contributed by atoms with Crippen LogP contribution in [0.4, 0.5) is 4.39 Å². The maximum atomic E-state index is 14.5. The van der Waals surface area contributed by atoms with Gasteiger partial charge in [0, 0.05) is 17.3 Å². The van der Waals surface area contributed by atoms with Crippen LogP contribution < -0.4 is 0 Å². The fourth-order valence-corrected chi connectivity index (χ4v) is 4.63. The van der Waals surface area contributed by atoms with Crippen molar-refractivity contribution < 1.29 is 4.39 Å². The molecule has 4 rings (SSSR count). The number of aryl methyl sites for hydroxylation is 2. The summed E-state index contributed by atoms with van der Waals surface area (Å²) < 4.78 is 14.5. The Morgan fingerprint density at radius 2 is 1.96 bits per heavy atom. The Bertz CT molecular complexity index is 889. The van der Waals surface area contributed by atoms with E-state index in [9.17, 15) is 4.39 Å². The summed E-state index contributed by atoms with van der Waals surface area (Å²) >= 11 is 0. The summed E-state index contributed by atoms with van der Waals surface area (Å²) in [7, 11) is 0. The molecule has 2 aliphatic carbocycles. The van der Waals surface area contributed by atoms with Crippen molar-refractivity contribution in [3.8, 4) is 0 Å². The van der Waals surface area contributed by atoms with Crippen molar-refractivity contribution >= 4 is 11.3 Å². The maximum Gasteiger partial charge on any atom is 0.127 e. The first-order valence-corrected chi connectivity index (χ1v) is 10.1. The number of halogens is 1. The highest BCUT2D eigenvalue weighted by Crippen LogP contribution is 2.39. The van der Waals surface area contributed by atoms with Crippen molar-refractivity contribution in [2.75, 3.05) is 0 Å². The molecule has 0 saturated heterocycles. The summed E-state index contributed by atoms with van der Waals surface area (Å²) in [4.78, 5) is 4.58. The first-order valence-electron chi connectivity index (χ1n) is 10.1. The van der Waals surface area contributed by atoms with Crippen LogP contribution in [-0.4, -0.2) is 10.7 Å². The largest absolute Gasteiger partial charge is 0.300 e. The van der Waals surface area contributed by atoms with Gasteiger partial charge in [-0.25, -0.2) is 4.39 Å². The van der Waals surface area contributed by atoms with Gasteiger partial charge in [-0.3, -0.25) is 10.4 Å². The fraction of sp³-hybridized carbons (Fsp3) is 0.417. The van der Waals surface area contributed by atoms with Gasteiger partial charge in [0.2, 0.25) is 0 Å². The zero-order valence-electron chi connectivity index (χ0n) is 16.2. The van der Waals surface area contributed by atoms with Crippen molar-refractivity contribution in [3.05, 3.63) is 70.3 Å². The highest BCUT2D eigenvalue weighted by atomic mass is 19.1. The average Bonchev–Trinajstić information content (AvgIpc) is 3.16. The van der Waals surface area contributed by atoms with Crippen molar-refractivity contribution in [2.45, 2.75) is 52.4 Å². The molecule has 0 amide bonds. The third kappa shape index (κ3) is 3.47. The molecule has 27 heavy (non-hydrogen) atoms. The molecule has 1 heterocycles. The van der Waals surface area contributed by atoms with Gasteiger partial charge in [0.25, 0.3) is 0 Å². The monoisotopic (exact) mass is 362 g/mol. The van der Waals surface area contributed by atoms with E-state index in [1.54, 1.807) is 6.07 Å². The molecule has 1 aromatic carbocycles. The van der Waals surface area contributed by atoms with Gasteiger partial charge in [0.05, 0.1) is 11.4 Å². The molecule has 1 N–H and O–H groups in total. The highest BCUT2D eigenvalue weighted by Gasteiger charge is 2.30. The van der Waals surface area contributed by atoms with Crippen LogP contribution >= 0.6 is 0 Å². The lowest BCUT2D eigenvalue weighted by Crippen LogP contribution is -2.12. The van der Waals surface area contributed by atoms with Crippen LogP contribution in [-0.2, 0) is 12.8 Å². The standard InChI is InChI=1S/C24H27FN2/c1-3-16-10-19-11-18(17-6-4-5-7-17)12-21(23-9-8-15(2)14-27-23)24(26)20(19)13-22(16)25/h8-10,12-14,17-18,26H,3-7,11H2,1-2H3. The number of nitrogens with one attached hydrogen (secondary N) is 1. The Morgan fingerprint density at radius 1 is 1.19 bits per heavy atom. The second kappa shape index (κ2) is 7.38. The van der Waals surface area contributed by atoms with Gasteiger partial charge in [-0.1, -0.05) is 38.0 Å². The van der Waals surface area contributed by atoms with Gasteiger partial charge in [0.1, 0.15) is 5.82 Å². The molecule has 1 fully saturated rings. The molecule has 140 valence electrons. The van der Waals surface area contributed by atoms with Crippen molar-refractivity contribution in [1.29, 1.82) is 5.41 Å². The second-order valence-electron chi connectivity index (χ2n) is 8.04. The summed E-state index contributed by atoms with van der Waals surface area (Å²) in [6.07, 6.45) is 10.8. The third-order valence-corrected chi connectivity index (χ3v) is 6.22. The van der Waals surface area contributed by atoms with E-state index < -0.39 is 0 Å². The summed E-state index contributed by atoms with van der Waals surface area (Å²) in [6.45, 7) is 4.00. The van der Waals surface area contributed by atoms with Crippen LogP contribution in [0.5, 0.6) is 0 Å². The third-order valence-electron chi connectivity index (χ3n) is 6.22. The minimum Gasteiger partial charge on any atom is -0.300 e. The highest BCUT2D eigenvalue weighted by molar-refractivity contribution is 6.30. The van der Waals surface area contributed by atoms with Crippen molar-refractivity contribution in [1.82, 2.24) is 4.98 Å². The zero-order chi connectivity index (χ0) is 19.0. The SMILES string of the molecule is CCc1cc2c(cc1F)C(=N)C(c1ccc(C)cn1)=CC(C1CCCC1)C2. The second-order valence-corrected chi connectivity index (χ2v) is 8.04. The number of fused-ring (bicyclic) bond motifs is 1. The number of hydrogen-bond donors (Lipinski definition) is 1. The molecule has 1 unspecified atom stereocenters. The van der Waals surface area contributed by atoms with Crippen LogP contribution in [0, 0.1) is 30.0 Å². The molecule has 3 heteroatoms. The normalized spacial score (nSPS) is 20.3. The lowest BCUT2D eigenvalue weighted by Gasteiger charge is -2.20. The van der Waals surface area contributed by atoms with E-state index in [2.05, 4.69) is 11.1 Å². The molecule has 2 aromatic rings. The predicted octanol–water partition coefficient (Wildman–Crippen LogP) is 5.91. The van der Waals surface area contributed by atoms with Gasteiger partial charge in [-0.2, -0.15) is 0 Å². The Hall–Kier alpha value is -2.29. The van der Waals surface area contributed by atoms with Crippen LogP contribution in [0.3, 0.4) is 0 Å². The smallest absolute Gasteiger partial charge is 0.127 e. The number of benzene rings is 1. The van der Waals surface area contributed by atoms with Gasteiger partial charge in [0.15, 0.2) is 0 Å². The van der Waals surface area contributed by atoms with E-state index in [0.717, 1.165) is 39.9 Å². The van der Waals surface area contributed by atoms with Crippen molar-refractivity contribution in [3.63, 3.8) is 0 Å². The first kappa shape index (κ1) is 18.1. The van der Waals surface area contributed by atoms with Crippen LogP contribution in [0.1, 0.15) is 60.6 Å². The summed E-state index contributed by atoms with van der Waals surface area (Å²) in [5.41, 5.74) is 5.79. The number of aromatic nitrogens is 1. The number of nitrogens with zero attached hydrogens (tertiary/aromatic N) is 1. The lowest BCUT2D eigenvalue weighted by atomic mass is 9.84. The molecule has 2 nitrogen and oxygen atoms in total. The van der Waals surface area contributed by atoms with E-state index in [1.807, 2.05) is 38.2 Å². The van der Waals surface area contributed by atoms with E-state index in [4.69, 9.17) is 5.41 Å². The van der Waals surface area contributed by atoms with Crippen LogP contribution in [0.15, 0.2) is 36.5 Å². The van der Waals surface area contributed by atoms with Gasteiger partial charge >= 0.3 is 0 Å². The molecule has 0 aliphatic heterocycles. The Morgan fingerprint density at radius 3 is 2.63 bits per heavy atom.